The number of ether oxygens (including phenoxy) is 1. The molecule has 0 aliphatic rings. The van der Waals surface area contributed by atoms with Gasteiger partial charge in [-0.3, -0.25) is 0 Å². The van der Waals surface area contributed by atoms with Crippen LogP contribution in [0.2, 0.25) is 18.1 Å². The number of aliphatic hydroxyl groups is 1. The fourth-order valence-corrected chi connectivity index (χ4v) is 2.63. The summed E-state index contributed by atoms with van der Waals surface area (Å²) in [5.74, 6) is -0.505. The average molecular weight is 305 g/mol. The van der Waals surface area contributed by atoms with Crippen LogP contribution in [0.15, 0.2) is 0 Å². The maximum absolute atomic E-state index is 12.3. The van der Waals surface area contributed by atoms with Gasteiger partial charge < -0.3 is 14.3 Å². The van der Waals surface area contributed by atoms with Crippen LogP contribution in [-0.2, 0) is 14.0 Å². The van der Waals surface area contributed by atoms with Crippen LogP contribution in [-0.4, -0.2) is 36.7 Å². The topological polar surface area (TPSA) is 55.8 Å². The van der Waals surface area contributed by atoms with Crippen LogP contribution < -0.4 is 0 Å². The Kier molecular flexibility index (Phi) is 5.66. The molecular formula is C15H32O4Si. The summed E-state index contributed by atoms with van der Waals surface area (Å²) in [6, 6.07) is 0. The van der Waals surface area contributed by atoms with Crippen molar-refractivity contribution >= 4 is 14.3 Å². The first-order chi connectivity index (χ1) is 8.47. The lowest BCUT2D eigenvalue weighted by molar-refractivity contribution is -0.175. The normalized spacial score (nSPS) is 15.9. The molecule has 5 heteroatoms. The first-order valence-electron chi connectivity index (χ1n) is 7.10. The Hall–Kier alpha value is -0.393. The molecule has 0 heterocycles. The van der Waals surface area contributed by atoms with Crippen LogP contribution in [0.3, 0.4) is 0 Å². The molecule has 0 aliphatic heterocycles. The quantitative estimate of drug-likeness (QED) is 0.638. The second-order valence-corrected chi connectivity index (χ2v) is 13.2. The van der Waals surface area contributed by atoms with E-state index in [9.17, 15) is 9.90 Å². The van der Waals surface area contributed by atoms with Crippen LogP contribution in [0, 0.1) is 0 Å². The molecule has 0 aliphatic carbocycles. The Balaban J connectivity index is 5.27. The molecule has 0 spiro atoms. The van der Waals surface area contributed by atoms with Crippen molar-refractivity contribution in [2.24, 2.45) is 0 Å². The average Bonchev–Trinajstić information content (AvgIpc) is 2.07. The van der Waals surface area contributed by atoms with Gasteiger partial charge in [0, 0.05) is 0 Å². The summed E-state index contributed by atoms with van der Waals surface area (Å²) < 4.78 is 11.5. The Morgan fingerprint density at radius 1 is 1.00 bits per heavy atom. The van der Waals surface area contributed by atoms with Crippen molar-refractivity contribution in [2.75, 3.05) is 0 Å². The molecule has 0 saturated heterocycles. The van der Waals surface area contributed by atoms with E-state index in [2.05, 4.69) is 33.9 Å². The Morgan fingerprint density at radius 3 is 1.65 bits per heavy atom. The van der Waals surface area contributed by atoms with Crippen LogP contribution in [0.25, 0.3) is 0 Å². The summed E-state index contributed by atoms with van der Waals surface area (Å²) in [7, 11) is -2.18. The number of esters is 1. The van der Waals surface area contributed by atoms with Crippen molar-refractivity contribution in [1.29, 1.82) is 0 Å². The molecule has 4 nitrogen and oxygen atoms in total. The van der Waals surface area contributed by atoms with Crippen LogP contribution >= 0.6 is 0 Å². The molecule has 0 amide bonds. The molecular weight excluding hydrogens is 272 g/mol. The zero-order chi connectivity index (χ0) is 16.6. The third kappa shape index (κ3) is 5.93. The third-order valence-electron chi connectivity index (χ3n) is 3.48. The van der Waals surface area contributed by atoms with Gasteiger partial charge in [0.05, 0.1) is 5.60 Å². The predicted molar refractivity (Wildman–Crippen MR) is 84.2 cm³/mol. The minimum atomic E-state index is -2.18. The Bertz CT molecular complexity index is 342. The zero-order valence-electron chi connectivity index (χ0n) is 14.7. The summed E-state index contributed by atoms with van der Waals surface area (Å²) in [5, 5.41) is 10.2. The standard InChI is InChI=1S/C15H32O4Si/c1-13(2,3)18-12(16)11(15(7,8)17)19-20(9,10)14(4,5)6/h11,17H,1-10H3. The van der Waals surface area contributed by atoms with Crippen molar-refractivity contribution in [1.82, 2.24) is 0 Å². The molecule has 0 radical (unpaired) electrons. The van der Waals surface area contributed by atoms with E-state index < -0.39 is 31.6 Å². The van der Waals surface area contributed by atoms with Crippen molar-refractivity contribution < 1.29 is 19.1 Å². The minimum Gasteiger partial charge on any atom is -0.458 e. The molecule has 1 unspecified atom stereocenters. The molecule has 0 fully saturated rings. The highest BCUT2D eigenvalue weighted by Gasteiger charge is 2.46. The molecule has 0 aromatic heterocycles. The van der Waals surface area contributed by atoms with Crippen molar-refractivity contribution in [3.05, 3.63) is 0 Å². The van der Waals surface area contributed by atoms with E-state index in [-0.39, 0.29) is 5.04 Å². The largest absolute Gasteiger partial charge is 0.458 e. The highest BCUT2D eigenvalue weighted by atomic mass is 28.4. The van der Waals surface area contributed by atoms with Crippen LogP contribution in [0.4, 0.5) is 0 Å². The van der Waals surface area contributed by atoms with Crippen molar-refractivity contribution in [2.45, 2.75) is 90.8 Å². The lowest BCUT2D eigenvalue weighted by atomic mass is 10.0. The van der Waals surface area contributed by atoms with Gasteiger partial charge in [0.15, 0.2) is 14.4 Å². The van der Waals surface area contributed by atoms with Gasteiger partial charge in [0.25, 0.3) is 0 Å². The van der Waals surface area contributed by atoms with Gasteiger partial charge in [-0.2, -0.15) is 0 Å². The zero-order valence-corrected chi connectivity index (χ0v) is 15.7. The molecule has 0 bridgehead atoms. The molecule has 1 N–H and O–H groups in total. The maximum Gasteiger partial charge on any atom is 0.337 e. The van der Waals surface area contributed by atoms with E-state index >= 15 is 0 Å². The van der Waals surface area contributed by atoms with Crippen molar-refractivity contribution in [3.63, 3.8) is 0 Å². The molecule has 0 rings (SSSR count). The number of hydrogen-bond acceptors (Lipinski definition) is 4. The van der Waals surface area contributed by atoms with Gasteiger partial charge in [-0.05, 0) is 52.8 Å². The maximum atomic E-state index is 12.3. The smallest absolute Gasteiger partial charge is 0.337 e. The highest BCUT2D eigenvalue weighted by Crippen LogP contribution is 2.38. The second-order valence-electron chi connectivity index (χ2n) is 8.45. The molecule has 120 valence electrons. The van der Waals surface area contributed by atoms with Crippen LogP contribution in [0.5, 0.6) is 0 Å². The molecule has 0 aromatic rings. The predicted octanol–water partition coefficient (Wildman–Crippen LogP) is 3.49. The third-order valence-corrected chi connectivity index (χ3v) is 7.92. The lowest BCUT2D eigenvalue weighted by Gasteiger charge is -2.42. The summed E-state index contributed by atoms with van der Waals surface area (Å²) >= 11 is 0. The minimum absolute atomic E-state index is 0.0431. The van der Waals surface area contributed by atoms with E-state index in [0.29, 0.717) is 0 Å². The van der Waals surface area contributed by atoms with Crippen LogP contribution in [0.1, 0.15) is 55.4 Å². The van der Waals surface area contributed by atoms with E-state index in [1.54, 1.807) is 34.6 Å². The first-order valence-corrected chi connectivity index (χ1v) is 10.0. The fourth-order valence-electron chi connectivity index (χ4n) is 1.31. The van der Waals surface area contributed by atoms with Gasteiger partial charge in [-0.1, -0.05) is 20.8 Å². The summed E-state index contributed by atoms with van der Waals surface area (Å²) in [4.78, 5) is 12.3. The van der Waals surface area contributed by atoms with Gasteiger partial charge in [-0.25, -0.2) is 4.79 Å². The number of hydrogen-bond donors (Lipinski definition) is 1. The molecule has 20 heavy (non-hydrogen) atoms. The second kappa shape index (κ2) is 5.77. The highest BCUT2D eigenvalue weighted by molar-refractivity contribution is 6.74. The van der Waals surface area contributed by atoms with Gasteiger partial charge >= 0.3 is 5.97 Å². The molecule has 0 aromatic carbocycles. The SMILES string of the molecule is CC(C)(C)OC(=O)C(O[Si](C)(C)C(C)(C)C)C(C)(C)O. The first kappa shape index (κ1) is 19.6. The Labute approximate surface area is 125 Å². The fraction of sp³-hybridized carbons (Fsp3) is 0.933. The monoisotopic (exact) mass is 304 g/mol. The number of rotatable bonds is 4. The molecule has 0 saturated carbocycles. The number of carbonyl (C=O) groups excluding carboxylic acids is 1. The van der Waals surface area contributed by atoms with Gasteiger partial charge in [0.2, 0.25) is 0 Å². The summed E-state index contributed by atoms with van der Waals surface area (Å²) in [5.41, 5.74) is -1.88. The van der Waals surface area contributed by atoms with Gasteiger partial charge in [0.1, 0.15) is 5.60 Å². The van der Waals surface area contributed by atoms with Gasteiger partial charge in [-0.15, -0.1) is 0 Å². The molecule has 1 atom stereocenters. The summed E-state index contributed by atoms with van der Waals surface area (Å²) in [6.45, 7) is 19.0. The Morgan fingerprint density at radius 2 is 1.40 bits per heavy atom. The van der Waals surface area contributed by atoms with Crippen molar-refractivity contribution in [3.8, 4) is 0 Å². The van der Waals surface area contributed by atoms with E-state index in [4.69, 9.17) is 9.16 Å². The van der Waals surface area contributed by atoms with E-state index in [1.165, 1.54) is 0 Å². The lowest BCUT2D eigenvalue weighted by Crippen LogP contribution is -2.54. The number of carbonyl (C=O) groups is 1. The summed E-state index contributed by atoms with van der Waals surface area (Å²) in [6.07, 6.45) is -0.970. The van der Waals surface area contributed by atoms with E-state index in [1.807, 2.05) is 0 Å². The van der Waals surface area contributed by atoms with E-state index in [0.717, 1.165) is 0 Å².